The number of carboxylic acid groups (broad SMARTS) is 1. The number of hydrogen-bond donors (Lipinski definition) is 1. The number of esters is 2. The second kappa shape index (κ2) is 48.4. The first-order chi connectivity index (χ1) is 32.6. The van der Waals surface area contributed by atoms with Gasteiger partial charge >= 0.3 is 17.9 Å². The molecule has 0 fully saturated rings. The van der Waals surface area contributed by atoms with Crippen molar-refractivity contribution in [3.63, 3.8) is 0 Å². The summed E-state index contributed by atoms with van der Waals surface area (Å²) in [6.45, 7) is 4.67. The van der Waals surface area contributed by atoms with Gasteiger partial charge in [-0.05, 0) is 77.0 Å². The second-order valence-corrected chi connectivity index (χ2v) is 18.1. The SMILES string of the molecule is CC/C=C\C/C=C\C/C=C\C/C=C\C/C=C\C/C=C\C/C=C\C/C=C\C/C=C\CCCC(=O)OC(COC(=O)CCCCCCCCCCCCCCC)COC(OCC[N+](C)(C)C)C(=O)O. The standard InChI is InChI=1S/C58H95NO8/c1-6-8-10-12-14-16-18-20-21-22-23-24-25-26-27-28-29-30-31-32-33-34-35-37-39-41-43-45-47-49-56(61)67-54(53-66-58(57(62)63)64-51-50-59(3,4)5)52-65-55(60)48-46-44-42-40-38-36-19-17-15-13-11-9-7-2/h8,10,14,16,20-21,23-24,26-27,29-30,32-33,35,37,41,43,54,58H,6-7,9,11-13,15,17-19,22,25,28,31,34,36,38-40,42,44-53H2,1-5H3/p+1/b10-8-,16-14-,21-20-,24-23-,27-26-,30-29-,33-32-,37-35-,43-41-. The van der Waals surface area contributed by atoms with E-state index in [4.69, 9.17) is 18.9 Å². The molecule has 1 N–H and O–H groups in total. The fraction of sp³-hybridized carbons (Fsp3) is 0.638. The van der Waals surface area contributed by atoms with Crippen LogP contribution in [0, 0.1) is 0 Å². The molecule has 0 amide bonds. The van der Waals surface area contributed by atoms with Gasteiger partial charge in [0.25, 0.3) is 6.29 Å². The van der Waals surface area contributed by atoms with Crippen molar-refractivity contribution in [2.75, 3.05) is 47.5 Å². The van der Waals surface area contributed by atoms with Gasteiger partial charge in [-0.1, -0.05) is 200 Å². The monoisotopic (exact) mass is 935 g/mol. The summed E-state index contributed by atoms with van der Waals surface area (Å²) >= 11 is 0. The molecular formula is C58H96NO8+. The first kappa shape index (κ1) is 63.0. The molecule has 67 heavy (non-hydrogen) atoms. The molecule has 0 aliphatic rings. The van der Waals surface area contributed by atoms with E-state index in [0.29, 0.717) is 23.9 Å². The lowest BCUT2D eigenvalue weighted by Gasteiger charge is -2.25. The molecule has 2 unspecified atom stereocenters. The van der Waals surface area contributed by atoms with Gasteiger partial charge in [-0.3, -0.25) is 9.59 Å². The lowest BCUT2D eigenvalue weighted by atomic mass is 10.0. The summed E-state index contributed by atoms with van der Waals surface area (Å²) in [4.78, 5) is 37.2. The molecule has 0 aromatic carbocycles. The van der Waals surface area contributed by atoms with Crippen LogP contribution < -0.4 is 0 Å². The second-order valence-electron chi connectivity index (χ2n) is 18.1. The van der Waals surface area contributed by atoms with E-state index in [0.717, 1.165) is 77.0 Å². The number of hydrogen-bond acceptors (Lipinski definition) is 7. The topological polar surface area (TPSA) is 108 Å². The van der Waals surface area contributed by atoms with Gasteiger partial charge in [0.15, 0.2) is 6.10 Å². The maximum atomic E-state index is 12.8. The third-order valence-electron chi connectivity index (χ3n) is 10.5. The highest BCUT2D eigenvalue weighted by molar-refractivity contribution is 5.71. The first-order valence-electron chi connectivity index (χ1n) is 26.1. The molecule has 0 rings (SSSR count). The summed E-state index contributed by atoms with van der Waals surface area (Å²) in [6, 6.07) is 0. The van der Waals surface area contributed by atoms with Crippen LogP contribution in [0.15, 0.2) is 109 Å². The van der Waals surface area contributed by atoms with Crippen LogP contribution in [-0.2, 0) is 33.3 Å². The van der Waals surface area contributed by atoms with Crippen LogP contribution in [-0.4, -0.2) is 87.4 Å². The molecule has 0 saturated carbocycles. The average Bonchev–Trinajstić information content (AvgIpc) is 3.29. The van der Waals surface area contributed by atoms with Gasteiger partial charge in [0, 0.05) is 12.8 Å². The van der Waals surface area contributed by atoms with Gasteiger partial charge in [0.1, 0.15) is 13.2 Å². The lowest BCUT2D eigenvalue weighted by molar-refractivity contribution is -0.870. The zero-order chi connectivity index (χ0) is 49.2. The summed E-state index contributed by atoms with van der Waals surface area (Å²) in [5.41, 5.74) is 0. The third kappa shape index (κ3) is 49.7. The molecule has 0 heterocycles. The van der Waals surface area contributed by atoms with Crippen molar-refractivity contribution in [1.29, 1.82) is 0 Å². The smallest absolute Gasteiger partial charge is 0.361 e. The van der Waals surface area contributed by atoms with Crippen molar-refractivity contribution in [2.45, 2.75) is 193 Å². The van der Waals surface area contributed by atoms with E-state index in [1.165, 1.54) is 64.2 Å². The summed E-state index contributed by atoms with van der Waals surface area (Å²) in [5.74, 6) is -2.10. The average molecular weight is 935 g/mol. The molecule has 0 aromatic rings. The zero-order valence-electron chi connectivity index (χ0n) is 43.0. The van der Waals surface area contributed by atoms with Crippen molar-refractivity contribution < 1.29 is 42.9 Å². The molecule has 2 atom stereocenters. The van der Waals surface area contributed by atoms with Gasteiger partial charge in [0.05, 0.1) is 34.4 Å². The normalized spacial score (nSPS) is 13.7. The summed E-state index contributed by atoms with van der Waals surface area (Å²) in [7, 11) is 5.93. The zero-order valence-corrected chi connectivity index (χ0v) is 43.0. The number of allylic oxidation sites excluding steroid dienone is 18. The quantitative estimate of drug-likeness (QED) is 0.0211. The molecule has 380 valence electrons. The Kier molecular flexibility index (Phi) is 45.5. The van der Waals surface area contributed by atoms with E-state index in [1.54, 1.807) is 0 Å². The van der Waals surface area contributed by atoms with Gasteiger partial charge in [-0.15, -0.1) is 0 Å². The van der Waals surface area contributed by atoms with Gasteiger partial charge in [-0.25, -0.2) is 4.79 Å². The minimum Gasteiger partial charge on any atom is -0.477 e. The summed E-state index contributed by atoms with van der Waals surface area (Å²) < 4.78 is 22.7. The molecular weight excluding hydrogens is 839 g/mol. The van der Waals surface area contributed by atoms with Crippen LogP contribution in [0.25, 0.3) is 0 Å². The number of carbonyl (C=O) groups is 3. The number of quaternary nitrogens is 1. The number of unbranched alkanes of at least 4 members (excludes halogenated alkanes) is 13. The van der Waals surface area contributed by atoms with Gasteiger partial charge in [0.2, 0.25) is 0 Å². The predicted octanol–water partition coefficient (Wildman–Crippen LogP) is 14.8. The lowest BCUT2D eigenvalue weighted by Crippen LogP contribution is -2.40. The van der Waals surface area contributed by atoms with E-state index < -0.39 is 24.3 Å². The molecule has 0 aromatic heterocycles. The number of rotatable bonds is 46. The van der Waals surface area contributed by atoms with Crippen LogP contribution in [0.3, 0.4) is 0 Å². The fourth-order valence-electron chi connectivity index (χ4n) is 6.54. The van der Waals surface area contributed by atoms with E-state index in [9.17, 15) is 19.5 Å². The van der Waals surface area contributed by atoms with Crippen LogP contribution in [0.5, 0.6) is 0 Å². The van der Waals surface area contributed by atoms with Crippen LogP contribution in [0.4, 0.5) is 0 Å². The number of aliphatic carboxylic acids is 1. The minimum atomic E-state index is -1.53. The highest BCUT2D eigenvalue weighted by atomic mass is 16.7. The molecule has 0 aliphatic heterocycles. The maximum absolute atomic E-state index is 12.8. The first-order valence-corrected chi connectivity index (χ1v) is 26.1. The number of nitrogens with zero attached hydrogens (tertiary/aromatic N) is 1. The van der Waals surface area contributed by atoms with Crippen molar-refractivity contribution >= 4 is 17.9 Å². The van der Waals surface area contributed by atoms with Gasteiger partial charge < -0.3 is 28.5 Å². The Labute approximate surface area is 409 Å². The largest absolute Gasteiger partial charge is 0.477 e. The minimum absolute atomic E-state index is 0.172. The Morgan fingerprint density at radius 1 is 0.463 bits per heavy atom. The number of carboxylic acids is 1. The number of carbonyl (C=O) groups excluding carboxylic acids is 2. The maximum Gasteiger partial charge on any atom is 0.361 e. The number of likely N-dealkylation sites (N-methyl/N-ethyl adjacent to an activating group) is 1. The van der Waals surface area contributed by atoms with Crippen LogP contribution in [0.2, 0.25) is 0 Å². The van der Waals surface area contributed by atoms with Crippen LogP contribution >= 0.6 is 0 Å². The molecule has 9 nitrogen and oxygen atoms in total. The van der Waals surface area contributed by atoms with Crippen LogP contribution in [0.1, 0.15) is 181 Å². The molecule has 0 spiro atoms. The van der Waals surface area contributed by atoms with Crippen molar-refractivity contribution in [2.24, 2.45) is 0 Å². The predicted molar refractivity (Wildman–Crippen MR) is 281 cm³/mol. The molecule has 0 saturated heterocycles. The highest BCUT2D eigenvalue weighted by Gasteiger charge is 2.25. The fourth-order valence-corrected chi connectivity index (χ4v) is 6.54. The molecule has 0 aliphatic carbocycles. The summed E-state index contributed by atoms with van der Waals surface area (Å²) in [5, 5.41) is 9.66. The molecule has 0 radical (unpaired) electrons. The number of ether oxygens (including phenoxy) is 4. The Hall–Kier alpha value is -4.05. The summed E-state index contributed by atoms with van der Waals surface area (Å²) in [6.07, 6.45) is 63.1. The molecule has 0 bridgehead atoms. The van der Waals surface area contributed by atoms with E-state index in [-0.39, 0.29) is 38.6 Å². The Morgan fingerprint density at radius 2 is 0.851 bits per heavy atom. The Balaban J connectivity index is 4.44. The highest BCUT2D eigenvalue weighted by Crippen LogP contribution is 2.14. The van der Waals surface area contributed by atoms with E-state index in [1.807, 2.05) is 21.1 Å². The van der Waals surface area contributed by atoms with E-state index in [2.05, 4.69) is 123 Å². The molecule has 9 heteroatoms. The van der Waals surface area contributed by atoms with Crippen molar-refractivity contribution in [3.05, 3.63) is 109 Å². The van der Waals surface area contributed by atoms with Crippen molar-refractivity contribution in [1.82, 2.24) is 0 Å². The Morgan fingerprint density at radius 3 is 1.25 bits per heavy atom. The van der Waals surface area contributed by atoms with Crippen molar-refractivity contribution in [3.8, 4) is 0 Å². The van der Waals surface area contributed by atoms with Gasteiger partial charge in [-0.2, -0.15) is 0 Å². The Bertz CT molecular complexity index is 1460. The third-order valence-corrected chi connectivity index (χ3v) is 10.5. The van der Waals surface area contributed by atoms with E-state index >= 15 is 0 Å².